The van der Waals surface area contributed by atoms with Crippen LogP contribution in [0, 0.1) is 5.41 Å². The van der Waals surface area contributed by atoms with E-state index in [0.29, 0.717) is 24.2 Å². The van der Waals surface area contributed by atoms with Crippen molar-refractivity contribution in [2.45, 2.75) is 66.1 Å². The van der Waals surface area contributed by atoms with Crippen molar-refractivity contribution in [1.82, 2.24) is 5.32 Å². The summed E-state index contributed by atoms with van der Waals surface area (Å²) < 4.78 is 11.5. The van der Waals surface area contributed by atoms with Gasteiger partial charge >= 0.3 is 5.97 Å². The van der Waals surface area contributed by atoms with Crippen LogP contribution in [0.2, 0.25) is 0 Å². The van der Waals surface area contributed by atoms with Crippen LogP contribution in [0.1, 0.15) is 64.5 Å². The molecule has 0 fully saturated rings. The summed E-state index contributed by atoms with van der Waals surface area (Å²) in [6.07, 6.45) is 0.958. The largest absolute Gasteiger partial charge is 0.489 e. The number of ketones is 1. The van der Waals surface area contributed by atoms with E-state index in [-0.39, 0.29) is 17.3 Å². The maximum absolute atomic E-state index is 13.4. The Balaban J connectivity index is 1.68. The van der Waals surface area contributed by atoms with Crippen molar-refractivity contribution in [1.29, 1.82) is 0 Å². The number of allylic oxidation sites excluding steroid dienone is 3. The normalized spacial score (nSPS) is 19.6. The highest BCUT2D eigenvalue weighted by atomic mass is 16.5. The van der Waals surface area contributed by atoms with Crippen molar-refractivity contribution in [3.63, 3.8) is 0 Å². The molecule has 0 radical (unpaired) electrons. The van der Waals surface area contributed by atoms with Crippen LogP contribution in [0.25, 0.3) is 0 Å². The summed E-state index contributed by atoms with van der Waals surface area (Å²) >= 11 is 0. The van der Waals surface area contributed by atoms with Crippen LogP contribution >= 0.6 is 0 Å². The van der Waals surface area contributed by atoms with Crippen LogP contribution in [0.4, 0.5) is 0 Å². The molecule has 2 aromatic rings. The molecule has 4 rings (SSSR count). The van der Waals surface area contributed by atoms with Crippen LogP contribution in [-0.4, -0.2) is 17.9 Å². The maximum Gasteiger partial charge on any atom is 0.337 e. The zero-order chi connectivity index (χ0) is 24.5. The van der Waals surface area contributed by atoms with Crippen LogP contribution in [0.3, 0.4) is 0 Å². The lowest BCUT2D eigenvalue weighted by atomic mass is 9.68. The van der Waals surface area contributed by atoms with Crippen LogP contribution in [0.5, 0.6) is 5.75 Å². The van der Waals surface area contributed by atoms with Gasteiger partial charge in [0.05, 0.1) is 11.7 Å². The lowest BCUT2D eigenvalue weighted by Crippen LogP contribution is -2.39. The third-order valence-electron chi connectivity index (χ3n) is 6.26. The Labute approximate surface area is 201 Å². The third-order valence-corrected chi connectivity index (χ3v) is 6.26. The zero-order valence-corrected chi connectivity index (χ0v) is 20.6. The molecule has 0 saturated heterocycles. The number of dihydropyridines is 1. The molecule has 0 bridgehead atoms. The Morgan fingerprint density at radius 3 is 2.38 bits per heavy atom. The third kappa shape index (κ3) is 5.09. The molecule has 178 valence electrons. The smallest absolute Gasteiger partial charge is 0.337 e. The summed E-state index contributed by atoms with van der Waals surface area (Å²) in [6.45, 7) is 10.2. The molecular weight excluding hydrogens is 426 g/mol. The topological polar surface area (TPSA) is 64.6 Å². The summed E-state index contributed by atoms with van der Waals surface area (Å²) in [5.74, 6) is -0.0396. The highest BCUT2D eigenvalue weighted by Crippen LogP contribution is 2.47. The van der Waals surface area contributed by atoms with Crippen molar-refractivity contribution < 1.29 is 19.1 Å². The molecule has 0 spiro atoms. The van der Waals surface area contributed by atoms with Crippen LogP contribution in [-0.2, 0) is 20.9 Å². The van der Waals surface area contributed by atoms with Crippen molar-refractivity contribution in [3.8, 4) is 5.75 Å². The van der Waals surface area contributed by atoms with Crippen LogP contribution < -0.4 is 10.1 Å². The van der Waals surface area contributed by atoms with Gasteiger partial charge in [-0.15, -0.1) is 0 Å². The Morgan fingerprint density at radius 1 is 1.06 bits per heavy atom. The lowest BCUT2D eigenvalue weighted by Gasteiger charge is -2.39. The van der Waals surface area contributed by atoms with Gasteiger partial charge in [-0.2, -0.15) is 0 Å². The quantitative estimate of drug-likeness (QED) is 0.552. The monoisotopic (exact) mass is 459 g/mol. The molecule has 0 amide bonds. The van der Waals surface area contributed by atoms with Crippen LogP contribution in [0.15, 0.2) is 77.1 Å². The van der Waals surface area contributed by atoms with E-state index in [4.69, 9.17) is 9.47 Å². The first-order valence-corrected chi connectivity index (χ1v) is 11.9. The molecule has 34 heavy (non-hydrogen) atoms. The van der Waals surface area contributed by atoms with E-state index in [1.54, 1.807) is 0 Å². The molecule has 1 aliphatic heterocycles. The number of benzene rings is 2. The number of hydrogen-bond acceptors (Lipinski definition) is 5. The number of esters is 1. The Kier molecular flexibility index (Phi) is 6.65. The second kappa shape index (κ2) is 9.49. The van der Waals surface area contributed by atoms with Gasteiger partial charge < -0.3 is 14.8 Å². The van der Waals surface area contributed by atoms with Gasteiger partial charge in [0.1, 0.15) is 12.4 Å². The first kappa shape index (κ1) is 23.8. The summed E-state index contributed by atoms with van der Waals surface area (Å²) in [5.41, 5.74) is 4.67. The molecule has 5 nitrogen and oxygen atoms in total. The summed E-state index contributed by atoms with van der Waals surface area (Å²) in [5, 5.41) is 3.37. The number of Topliss-reactive ketones (excluding diaryl/α,β-unsaturated/α-hetero) is 1. The van der Waals surface area contributed by atoms with Gasteiger partial charge in [0.25, 0.3) is 0 Å². The van der Waals surface area contributed by atoms with E-state index < -0.39 is 11.9 Å². The number of carbonyl (C=O) groups excluding carboxylic acids is 2. The molecule has 1 heterocycles. The Hall–Kier alpha value is -3.34. The molecule has 1 aliphatic carbocycles. The van der Waals surface area contributed by atoms with E-state index in [9.17, 15) is 9.59 Å². The fourth-order valence-electron chi connectivity index (χ4n) is 4.81. The molecular formula is C29H33NO4. The fourth-order valence-corrected chi connectivity index (χ4v) is 4.81. The molecule has 1 unspecified atom stereocenters. The van der Waals surface area contributed by atoms with Gasteiger partial charge in [-0.1, -0.05) is 56.3 Å². The van der Waals surface area contributed by atoms with Crippen molar-refractivity contribution in [3.05, 3.63) is 88.3 Å². The molecule has 0 saturated carbocycles. The van der Waals surface area contributed by atoms with Gasteiger partial charge in [-0.25, -0.2) is 4.79 Å². The molecule has 0 aromatic heterocycles. The zero-order valence-electron chi connectivity index (χ0n) is 20.6. The lowest BCUT2D eigenvalue weighted by molar-refractivity contribution is -0.143. The van der Waals surface area contributed by atoms with E-state index in [2.05, 4.69) is 19.2 Å². The number of hydrogen-bond donors (Lipinski definition) is 1. The summed E-state index contributed by atoms with van der Waals surface area (Å²) in [4.78, 5) is 26.5. The van der Waals surface area contributed by atoms with Gasteiger partial charge in [0.15, 0.2) is 5.78 Å². The fraction of sp³-hybridized carbons (Fsp3) is 0.379. The molecule has 2 aliphatic rings. The molecule has 1 N–H and O–H groups in total. The second-order valence-corrected chi connectivity index (χ2v) is 10.2. The Morgan fingerprint density at radius 2 is 1.74 bits per heavy atom. The highest BCUT2D eigenvalue weighted by Gasteiger charge is 2.43. The molecule has 2 aromatic carbocycles. The van der Waals surface area contributed by atoms with E-state index in [1.165, 1.54) is 0 Å². The summed E-state index contributed by atoms with van der Waals surface area (Å²) in [6, 6.07) is 17.7. The molecule has 1 atom stereocenters. The van der Waals surface area contributed by atoms with E-state index in [0.717, 1.165) is 34.7 Å². The summed E-state index contributed by atoms with van der Waals surface area (Å²) in [7, 11) is 0. The SMILES string of the molecule is CC1=C(C(=O)OC(C)C)C(c2ccc(OCc3ccccc3)cc2)C2=C(CC(C)(C)CC2=O)N1. The van der Waals surface area contributed by atoms with Gasteiger partial charge in [-0.3, -0.25) is 4.79 Å². The highest BCUT2D eigenvalue weighted by molar-refractivity contribution is 6.04. The van der Waals surface area contributed by atoms with Gasteiger partial charge in [0.2, 0.25) is 0 Å². The number of carbonyl (C=O) groups is 2. The second-order valence-electron chi connectivity index (χ2n) is 10.2. The first-order valence-electron chi connectivity index (χ1n) is 11.9. The minimum absolute atomic E-state index is 0.0792. The molecule has 5 heteroatoms. The van der Waals surface area contributed by atoms with E-state index in [1.807, 2.05) is 75.4 Å². The van der Waals surface area contributed by atoms with Crippen molar-refractivity contribution >= 4 is 11.8 Å². The number of rotatable bonds is 6. The predicted octanol–water partition coefficient (Wildman–Crippen LogP) is 5.82. The minimum Gasteiger partial charge on any atom is -0.489 e. The van der Waals surface area contributed by atoms with E-state index >= 15 is 0 Å². The predicted molar refractivity (Wildman–Crippen MR) is 132 cm³/mol. The average Bonchev–Trinajstić information content (AvgIpc) is 2.76. The maximum atomic E-state index is 13.4. The number of ether oxygens (including phenoxy) is 2. The average molecular weight is 460 g/mol. The Bertz CT molecular complexity index is 1140. The van der Waals surface area contributed by atoms with Crippen molar-refractivity contribution in [2.75, 3.05) is 0 Å². The number of nitrogens with one attached hydrogen (secondary N) is 1. The van der Waals surface area contributed by atoms with Gasteiger partial charge in [-0.05, 0) is 55.9 Å². The minimum atomic E-state index is -0.464. The van der Waals surface area contributed by atoms with Gasteiger partial charge in [0, 0.05) is 29.3 Å². The standard InChI is InChI=1S/C29H33NO4/c1-18(2)34-28(32)25-19(3)30-23-15-29(4,5)16-24(31)27(23)26(25)21-11-13-22(14-12-21)33-17-20-9-7-6-8-10-20/h6-14,18,26,30H,15-17H2,1-5H3. The first-order chi connectivity index (χ1) is 16.1. The van der Waals surface area contributed by atoms with Crippen molar-refractivity contribution in [2.24, 2.45) is 5.41 Å².